The molecule has 1 aliphatic carbocycles. The van der Waals surface area contributed by atoms with Crippen LogP contribution in [0, 0.1) is 6.92 Å². The van der Waals surface area contributed by atoms with E-state index in [1.165, 1.54) is 32.1 Å². The Labute approximate surface area is 117 Å². The molecule has 0 radical (unpaired) electrons. The second-order valence-corrected chi connectivity index (χ2v) is 5.79. The van der Waals surface area contributed by atoms with Crippen LogP contribution < -0.4 is 5.32 Å². The predicted molar refractivity (Wildman–Crippen MR) is 78.0 cm³/mol. The second-order valence-electron chi connectivity index (χ2n) is 4.88. The average Bonchev–Trinajstić information content (AvgIpc) is 2.38. The minimum atomic E-state index is 0.486. The van der Waals surface area contributed by atoms with Gasteiger partial charge in [-0.05, 0) is 47.3 Å². The standard InChI is InChI=1S/C14H21BrN2O/c1-11-9-12(15)10-17-14(11)16-7-8-18-13-5-3-2-4-6-13/h9-10,13H,2-8H2,1H3,(H,16,17). The van der Waals surface area contributed by atoms with Crippen molar-refractivity contribution >= 4 is 21.7 Å². The number of rotatable bonds is 5. The van der Waals surface area contributed by atoms with Crippen LogP contribution in [-0.2, 0) is 4.74 Å². The number of nitrogens with zero attached hydrogens (tertiary/aromatic N) is 1. The normalized spacial score (nSPS) is 16.8. The van der Waals surface area contributed by atoms with E-state index >= 15 is 0 Å². The molecule has 1 aromatic rings. The lowest BCUT2D eigenvalue weighted by Gasteiger charge is -2.22. The quantitative estimate of drug-likeness (QED) is 0.837. The van der Waals surface area contributed by atoms with Crippen LogP contribution in [0.5, 0.6) is 0 Å². The topological polar surface area (TPSA) is 34.2 Å². The van der Waals surface area contributed by atoms with Gasteiger partial charge in [0.25, 0.3) is 0 Å². The summed E-state index contributed by atoms with van der Waals surface area (Å²) in [5.74, 6) is 0.949. The summed E-state index contributed by atoms with van der Waals surface area (Å²) in [5, 5.41) is 3.32. The smallest absolute Gasteiger partial charge is 0.128 e. The predicted octanol–water partition coefficient (Wildman–Crippen LogP) is 3.91. The molecule has 0 unspecified atom stereocenters. The van der Waals surface area contributed by atoms with Gasteiger partial charge in [-0.25, -0.2) is 4.98 Å². The van der Waals surface area contributed by atoms with E-state index in [1.54, 1.807) is 0 Å². The van der Waals surface area contributed by atoms with Gasteiger partial charge in [-0.15, -0.1) is 0 Å². The van der Waals surface area contributed by atoms with Crippen molar-refractivity contribution in [3.8, 4) is 0 Å². The SMILES string of the molecule is Cc1cc(Br)cnc1NCCOC1CCCCC1. The van der Waals surface area contributed by atoms with Crippen LogP contribution in [-0.4, -0.2) is 24.2 Å². The molecule has 0 spiro atoms. The highest BCUT2D eigenvalue weighted by molar-refractivity contribution is 9.10. The summed E-state index contributed by atoms with van der Waals surface area (Å²) in [4.78, 5) is 4.35. The molecule has 3 nitrogen and oxygen atoms in total. The maximum Gasteiger partial charge on any atom is 0.128 e. The molecule has 0 saturated heterocycles. The first-order valence-corrected chi connectivity index (χ1v) is 7.52. The van der Waals surface area contributed by atoms with Crippen LogP contribution in [0.2, 0.25) is 0 Å². The number of hydrogen-bond donors (Lipinski definition) is 1. The van der Waals surface area contributed by atoms with Crippen molar-refractivity contribution in [3.63, 3.8) is 0 Å². The second kappa shape index (κ2) is 7.10. The number of halogens is 1. The monoisotopic (exact) mass is 312 g/mol. The molecule has 0 aliphatic heterocycles. The third-order valence-corrected chi connectivity index (χ3v) is 3.78. The molecular formula is C14H21BrN2O. The summed E-state index contributed by atoms with van der Waals surface area (Å²) >= 11 is 3.42. The van der Waals surface area contributed by atoms with Crippen molar-refractivity contribution in [3.05, 3.63) is 22.3 Å². The van der Waals surface area contributed by atoms with Crippen LogP contribution in [0.3, 0.4) is 0 Å². The molecule has 0 amide bonds. The Morgan fingerprint density at radius 2 is 2.17 bits per heavy atom. The highest BCUT2D eigenvalue weighted by atomic mass is 79.9. The van der Waals surface area contributed by atoms with Gasteiger partial charge in [0.2, 0.25) is 0 Å². The number of anilines is 1. The molecule has 0 aromatic carbocycles. The van der Waals surface area contributed by atoms with E-state index < -0.39 is 0 Å². The average molecular weight is 313 g/mol. The lowest BCUT2D eigenvalue weighted by Crippen LogP contribution is -2.20. The number of aryl methyl sites for hydroxylation is 1. The van der Waals surface area contributed by atoms with Gasteiger partial charge in [0, 0.05) is 17.2 Å². The van der Waals surface area contributed by atoms with Crippen LogP contribution in [0.25, 0.3) is 0 Å². The van der Waals surface area contributed by atoms with E-state index in [1.807, 2.05) is 6.20 Å². The fraction of sp³-hybridized carbons (Fsp3) is 0.643. The Kier molecular flexibility index (Phi) is 5.45. The lowest BCUT2D eigenvalue weighted by molar-refractivity contribution is 0.0347. The maximum atomic E-state index is 5.87. The van der Waals surface area contributed by atoms with Gasteiger partial charge in [0.05, 0.1) is 12.7 Å². The highest BCUT2D eigenvalue weighted by Crippen LogP contribution is 2.20. The third-order valence-electron chi connectivity index (χ3n) is 3.35. The molecule has 4 heteroatoms. The lowest BCUT2D eigenvalue weighted by atomic mass is 9.98. The first-order valence-electron chi connectivity index (χ1n) is 6.73. The number of nitrogens with one attached hydrogen (secondary N) is 1. The van der Waals surface area contributed by atoms with Crippen LogP contribution >= 0.6 is 15.9 Å². The summed E-state index contributed by atoms with van der Waals surface area (Å²) in [6, 6.07) is 2.07. The van der Waals surface area contributed by atoms with Gasteiger partial charge in [-0.3, -0.25) is 0 Å². The van der Waals surface area contributed by atoms with E-state index in [9.17, 15) is 0 Å². The van der Waals surface area contributed by atoms with Crippen LogP contribution in [0.1, 0.15) is 37.7 Å². The molecule has 18 heavy (non-hydrogen) atoms. The van der Waals surface area contributed by atoms with Crippen molar-refractivity contribution in [2.45, 2.75) is 45.1 Å². The van der Waals surface area contributed by atoms with E-state index in [4.69, 9.17) is 4.74 Å². The molecule has 100 valence electrons. The summed E-state index contributed by atoms with van der Waals surface area (Å²) in [6.45, 7) is 3.65. The zero-order valence-electron chi connectivity index (χ0n) is 10.9. The molecule has 1 fully saturated rings. The zero-order valence-corrected chi connectivity index (χ0v) is 12.5. The van der Waals surface area contributed by atoms with E-state index in [0.717, 1.165) is 29.0 Å². The Bertz CT molecular complexity index is 378. The van der Waals surface area contributed by atoms with Gasteiger partial charge in [-0.1, -0.05) is 19.3 Å². The minimum Gasteiger partial charge on any atom is -0.376 e. The minimum absolute atomic E-state index is 0.486. The fourth-order valence-corrected chi connectivity index (χ4v) is 2.80. The van der Waals surface area contributed by atoms with Crippen molar-refractivity contribution in [2.24, 2.45) is 0 Å². The van der Waals surface area contributed by atoms with E-state index in [-0.39, 0.29) is 0 Å². The van der Waals surface area contributed by atoms with E-state index in [2.05, 4.69) is 39.2 Å². The molecular weight excluding hydrogens is 292 g/mol. The van der Waals surface area contributed by atoms with Gasteiger partial charge >= 0.3 is 0 Å². The third kappa shape index (κ3) is 4.25. The van der Waals surface area contributed by atoms with Crippen LogP contribution in [0.4, 0.5) is 5.82 Å². The van der Waals surface area contributed by atoms with Crippen LogP contribution in [0.15, 0.2) is 16.7 Å². The molecule has 0 atom stereocenters. The Balaban J connectivity index is 1.68. The number of pyridine rings is 1. The first-order chi connectivity index (χ1) is 8.75. The van der Waals surface area contributed by atoms with Crippen molar-refractivity contribution in [1.29, 1.82) is 0 Å². The summed E-state index contributed by atoms with van der Waals surface area (Å²) in [7, 11) is 0. The van der Waals surface area contributed by atoms with Gasteiger partial charge in [-0.2, -0.15) is 0 Å². The zero-order chi connectivity index (χ0) is 12.8. The molecule has 1 saturated carbocycles. The van der Waals surface area contributed by atoms with Crippen molar-refractivity contribution in [2.75, 3.05) is 18.5 Å². The molecule has 1 heterocycles. The fourth-order valence-electron chi connectivity index (χ4n) is 2.35. The Morgan fingerprint density at radius 3 is 2.89 bits per heavy atom. The Hall–Kier alpha value is -0.610. The van der Waals surface area contributed by atoms with Gasteiger partial charge in [0.1, 0.15) is 5.82 Å². The first kappa shape index (κ1) is 13.8. The largest absolute Gasteiger partial charge is 0.376 e. The highest BCUT2D eigenvalue weighted by Gasteiger charge is 2.13. The molecule has 2 rings (SSSR count). The van der Waals surface area contributed by atoms with Gasteiger partial charge < -0.3 is 10.1 Å². The maximum absolute atomic E-state index is 5.87. The summed E-state index contributed by atoms with van der Waals surface area (Å²) in [6.07, 6.45) is 8.79. The Morgan fingerprint density at radius 1 is 1.39 bits per heavy atom. The van der Waals surface area contributed by atoms with Gasteiger partial charge in [0.15, 0.2) is 0 Å². The van der Waals surface area contributed by atoms with E-state index in [0.29, 0.717) is 6.10 Å². The summed E-state index contributed by atoms with van der Waals surface area (Å²) in [5.41, 5.74) is 1.15. The molecule has 1 N–H and O–H groups in total. The summed E-state index contributed by atoms with van der Waals surface area (Å²) < 4.78 is 6.89. The number of hydrogen-bond acceptors (Lipinski definition) is 3. The molecule has 1 aromatic heterocycles. The number of ether oxygens (including phenoxy) is 1. The number of aromatic nitrogens is 1. The van der Waals surface area contributed by atoms with Crippen molar-refractivity contribution < 1.29 is 4.74 Å². The van der Waals surface area contributed by atoms with Crippen molar-refractivity contribution in [1.82, 2.24) is 4.98 Å². The molecule has 1 aliphatic rings. The molecule has 0 bridgehead atoms.